The lowest BCUT2D eigenvalue weighted by Crippen LogP contribution is -2.09. The predicted molar refractivity (Wildman–Crippen MR) is 76.4 cm³/mol. The van der Waals surface area contributed by atoms with Crippen molar-refractivity contribution < 1.29 is 18.3 Å². The minimum atomic E-state index is -4.37. The van der Waals surface area contributed by atoms with Crippen LogP contribution in [-0.2, 0) is 12.7 Å². The highest BCUT2D eigenvalue weighted by Crippen LogP contribution is 2.33. The first kappa shape index (κ1) is 15.2. The standard InChI is InChI=1S/C16H16F3NO/c1-10-3-6-15(21)12(7-10)9-20-13-5-4-11(2)14(8-13)16(17,18)19/h3-8,20-21H,9H2,1-2H3. The number of nitrogens with one attached hydrogen (secondary N) is 1. The maximum atomic E-state index is 12.8. The van der Waals surface area contributed by atoms with Crippen molar-refractivity contribution in [2.75, 3.05) is 5.32 Å². The van der Waals surface area contributed by atoms with E-state index < -0.39 is 11.7 Å². The molecule has 21 heavy (non-hydrogen) atoms. The largest absolute Gasteiger partial charge is 0.508 e. The summed E-state index contributed by atoms with van der Waals surface area (Å²) < 4.78 is 38.5. The number of halogens is 3. The molecule has 2 N–H and O–H groups in total. The van der Waals surface area contributed by atoms with Gasteiger partial charge in [0.15, 0.2) is 0 Å². The summed E-state index contributed by atoms with van der Waals surface area (Å²) in [7, 11) is 0. The van der Waals surface area contributed by atoms with Crippen LogP contribution >= 0.6 is 0 Å². The van der Waals surface area contributed by atoms with E-state index in [0.29, 0.717) is 11.3 Å². The number of aromatic hydroxyl groups is 1. The van der Waals surface area contributed by atoms with Crippen LogP contribution in [-0.4, -0.2) is 5.11 Å². The Morgan fingerprint density at radius 2 is 1.76 bits per heavy atom. The van der Waals surface area contributed by atoms with E-state index in [2.05, 4.69) is 5.32 Å². The third-order valence-electron chi connectivity index (χ3n) is 3.26. The van der Waals surface area contributed by atoms with Crippen molar-refractivity contribution in [2.45, 2.75) is 26.6 Å². The van der Waals surface area contributed by atoms with Gasteiger partial charge in [-0.15, -0.1) is 0 Å². The van der Waals surface area contributed by atoms with Crippen LogP contribution in [0.25, 0.3) is 0 Å². The first-order valence-corrected chi connectivity index (χ1v) is 6.47. The molecule has 0 aliphatic rings. The lowest BCUT2D eigenvalue weighted by molar-refractivity contribution is -0.138. The molecule has 0 heterocycles. The van der Waals surface area contributed by atoms with Crippen LogP contribution in [0, 0.1) is 13.8 Å². The van der Waals surface area contributed by atoms with Gasteiger partial charge in [-0.05, 0) is 37.6 Å². The maximum absolute atomic E-state index is 12.8. The van der Waals surface area contributed by atoms with Gasteiger partial charge in [-0.1, -0.05) is 23.8 Å². The van der Waals surface area contributed by atoms with Crippen molar-refractivity contribution in [1.29, 1.82) is 0 Å². The maximum Gasteiger partial charge on any atom is 0.416 e. The Bertz CT molecular complexity index is 650. The van der Waals surface area contributed by atoms with E-state index in [0.717, 1.165) is 11.6 Å². The molecule has 5 heteroatoms. The van der Waals surface area contributed by atoms with Crippen LogP contribution in [0.5, 0.6) is 5.75 Å². The van der Waals surface area contributed by atoms with Crippen LogP contribution in [0.2, 0.25) is 0 Å². The Kier molecular flexibility index (Phi) is 4.11. The second kappa shape index (κ2) is 5.68. The lowest BCUT2D eigenvalue weighted by Gasteiger charge is -2.14. The van der Waals surface area contributed by atoms with Gasteiger partial charge in [0.05, 0.1) is 5.56 Å². The SMILES string of the molecule is Cc1ccc(O)c(CNc2ccc(C)c(C(F)(F)F)c2)c1. The van der Waals surface area contributed by atoms with Gasteiger partial charge in [0, 0.05) is 17.8 Å². The molecule has 0 radical (unpaired) electrons. The molecule has 0 bridgehead atoms. The molecule has 0 amide bonds. The topological polar surface area (TPSA) is 32.3 Å². The van der Waals surface area contributed by atoms with Gasteiger partial charge < -0.3 is 10.4 Å². The van der Waals surface area contributed by atoms with Crippen LogP contribution in [0.3, 0.4) is 0 Å². The normalized spacial score (nSPS) is 11.5. The molecule has 0 unspecified atom stereocenters. The molecule has 0 saturated carbocycles. The van der Waals surface area contributed by atoms with E-state index in [-0.39, 0.29) is 17.9 Å². The number of rotatable bonds is 3. The summed E-state index contributed by atoms with van der Waals surface area (Å²) in [5, 5.41) is 12.6. The fourth-order valence-electron chi connectivity index (χ4n) is 2.09. The molecule has 0 aromatic heterocycles. The van der Waals surface area contributed by atoms with Gasteiger partial charge in [-0.2, -0.15) is 13.2 Å². The van der Waals surface area contributed by atoms with Crippen LogP contribution in [0.4, 0.5) is 18.9 Å². The molecule has 0 aliphatic carbocycles. The number of hydrogen-bond acceptors (Lipinski definition) is 2. The highest BCUT2D eigenvalue weighted by atomic mass is 19.4. The van der Waals surface area contributed by atoms with Gasteiger partial charge in [0.25, 0.3) is 0 Å². The summed E-state index contributed by atoms with van der Waals surface area (Å²) in [6.07, 6.45) is -4.37. The van der Waals surface area contributed by atoms with Gasteiger partial charge in [-0.3, -0.25) is 0 Å². The molecule has 2 rings (SSSR count). The smallest absolute Gasteiger partial charge is 0.416 e. The highest BCUT2D eigenvalue weighted by Gasteiger charge is 2.32. The van der Waals surface area contributed by atoms with E-state index in [1.807, 2.05) is 6.92 Å². The monoisotopic (exact) mass is 295 g/mol. The van der Waals surface area contributed by atoms with Crippen molar-refractivity contribution in [3.8, 4) is 5.75 Å². The summed E-state index contributed by atoms with van der Waals surface area (Å²) in [6, 6.07) is 9.25. The number of phenolic OH excluding ortho intramolecular Hbond substituents is 1. The Hall–Kier alpha value is -2.17. The van der Waals surface area contributed by atoms with Crippen molar-refractivity contribution >= 4 is 5.69 Å². The average Bonchev–Trinajstić information content (AvgIpc) is 2.40. The number of phenols is 1. The Morgan fingerprint density at radius 3 is 2.43 bits per heavy atom. The number of aryl methyl sites for hydroxylation is 2. The summed E-state index contributed by atoms with van der Waals surface area (Å²) in [5.41, 5.74) is 1.52. The van der Waals surface area contributed by atoms with E-state index >= 15 is 0 Å². The van der Waals surface area contributed by atoms with E-state index in [1.165, 1.54) is 13.0 Å². The average molecular weight is 295 g/mol. The summed E-state index contributed by atoms with van der Waals surface area (Å²) in [5.74, 6) is 0.122. The lowest BCUT2D eigenvalue weighted by atomic mass is 10.1. The molecular weight excluding hydrogens is 279 g/mol. The Balaban J connectivity index is 2.19. The summed E-state index contributed by atoms with van der Waals surface area (Å²) >= 11 is 0. The fraction of sp³-hybridized carbons (Fsp3) is 0.250. The third-order valence-corrected chi connectivity index (χ3v) is 3.26. The number of hydrogen-bond donors (Lipinski definition) is 2. The zero-order valence-corrected chi connectivity index (χ0v) is 11.8. The first-order chi connectivity index (χ1) is 9.77. The number of alkyl halides is 3. The zero-order chi connectivity index (χ0) is 15.6. The highest BCUT2D eigenvalue weighted by molar-refractivity contribution is 5.50. The van der Waals surface area contributed by atoms with Crippen LogP contribution in [0.15, 0.2) is 36.4 Å². The van der Waals surface area contributed by atoms with Gasteiger partial charge in [-0.25, -0.2) is 0 Å². The first-order valence-electron chi connectivity index (χ1n) is 6.47. The molecule has 0 aliphatic heterocycles. The minimum Gasteiger partial charge on any atom is -0.508 e. The Morgan fingerprint density at radius 1 is 1.05 bits per heavy atom. The molecule has 0 spiro atoms. The number of anilines is 1. The molecule has 2 aromatic carbocycles. The zero-order valence-electron chi connectivity index (χ0n) is 11.8. The molecule has 2 aromatic rings. The van der Waals surface area contributed by atoms with E-state index in [1.54, 1.807) is 24.3 Å². The second-order valence-electron chi connectivity index (χ2n) is 5.01. The quantitative estimate of drug-likeness (QED) is 0.864. The van der Waals surface area contributed by atoms with Crippen molar-refractivity contribution in [3.63, 3.8) is 0 Å². The molecular formula is C16H16F3NO. The summed E-state index contributed by atoms with van der Waals surface area (Å²) in [4.78, 5) is 0. The van der Waals surface area contributed by atoms with Gasteiger partial charge >= 0.3 is 6.18 Å². The van der Waals surface area contributed by atoms with Crippen molar-refractivity contribution in [1.82, 2.24) is 0 Å². The van der Waals surface area contributed by atoms with Gasteiger partial charge in [0.2, 0.25) is 0 Å². The Labute approximate surface area is 121 Å². The predicted octanol–water partition coefficient (Wildman–Crippen LogP) is 4.64. The van der Waals surface area contributed by atoms with Gasteiger partial charge in [0.1, 0.15) is 5.75 Å². The van der Waals surface area contributed by atoms with Crippen LogP contribution < -0.4 is 5.32 Å². The van der Waals surface area contributed by atoms with Crippen molar-refractivity contribution in [2.24, 2.45) is 0 Å². The second-order valence-corrected chi connectivity index (χ2v) is 5.01. The van der Waals surface area contributed by atoms with E-state index in [9.17, 15) is 18.3 Å². The fourth-order valence-corrected chi connectivity index (χ4v) is 2.09. The molecule has 2 nitrogen and oxygen atoms in total. The number of benzene rings is 2. The minimum absolute atomic E-state index is 0.122. The van der Waals surface area contributed by atoms with Crippen LogP contribution in [0.1, 0.15) is 22.3 Å². The molecule has 112 valence electrons. The van der Waals surface area contributed by atoms with Crippen molar-refractivity contribution in [3.05, 3.63) is 58.7 Å². The van der Waals surface area contributed by atoms with E-state index in [4.69, 9.17) is 0 Å². The molecule has 0 fully saturated rings. The molecule has 0 atom stereocenters. The summed E-state index contributed by atoms with van der Waals surface area (Å²) in [6.45, 7) is 3.57. The molecule has 0 saturated heterocycles. The third kappa shape index (κ3) is 3.68.